The maximum absolute atomic E-state index is 12.6. The van der Waals surface area contributed by atoms with Crippen LogP contribution in [-0.2, 0) is 9.59 Å². The second-order valence-electron chi connectivity index (χ2n) is 8.24. The summed E-state index contributed by atoms with van der Waals surface area (Å²) >= 11 is 13.4. The van der Waals surface area contributed by atoms with Gasteiger partial charge in [0.1, 0.15) is 6.04 Å². The van der Waals surface area contributed by atoms with E-state index in [-0.39, 0.29) is 21.4 Å². The zero-order valence-corrected chi connectivity index (χ0v) is 21.3. The molecule has 0 spiro atoms. The fourth-order valence-corrected chi connectivity index (χ4v) is 5.29. The van der Waals surface area contributed by atoms with Gasteiger partial charge in [0.25, 0.3) is 5.91 Å². The number of ketones is 1. The summed E-state index contributed by atoms with van der Waals surface area (Å²) in [6.45, 7) is 5.41. The molecule has 1 aliphatic rings. The van der Waals surface area contributed by atoms with Crippen LogP contribution >= 0.6 is 35.0 Å². The molecule has 3 rings (SSSR count). The zero-order valence-electron chi connectivity index (χ0n) is 19.0. The lowest BCUT2D eigenvalue weighted by Crippen LogP contribution is -2.51. The Kier molecular flexibility index (Phi) is 7.90. The summed E-state index contributed by atoms with van der Waals surface area (Å²) in [5.41, 5.74) is 0.896. The van der Waals surface area contributed by atoms with Crippen molar-refractivity contribution in [3.8, 4) is 0 Å². The van der Waals surface area contributed by atoms with Crippen LogP contribution in [0.4, 0.5) is 5.69 Å². The monoisotopic (exact) mass is 522 g/mol. The third kappa shape index (κ3) is 4.92. The van der Waals surface area contributed by atoms with Gasteiger partial charge in [0.2, 0.25) is 0 Å². The molecule has 8 nitrogen and oxygen atoms in total. The van der Waals surface area contributed by atoms with Gasteiger partial charge in [-0.3, -0.25) is 19.6 Å². The van der Waals surface area contributed by atoms with Gasteiger partial charge in [-0.25, -0.2) is 4.79 Å². The highest BCUT2D eigenvalue weighted by atomic mass is 35.5. The molecule has 2 aromatic rings. The average Bonchev–Trinajstić information content (AvgIpc) is 2.78. The van der Waals surface area contributed by atoms with E-state index in [1.807, 2.05) is 6.92 Å². The second kappa shape index (κ2) is 10.3. The van der Waals surface area contributed by atoms with Gasteiger partial charge in [0, 0.05) is 29.7 Å². The van der Waals surface area contributed by atoms with Crippen LogP contribution in [-0.4, -0.2) is 45.0 Å². The average molecular weight is 523 g/mol. The smallest absolute Gasteiger partial charge is 0.326 e. The summed E-state index contributed by atoms with van der Waals surface area (Å²) in [6, 6.07) is 2.31. The summed E-state index contributed by atoms with van der Waals surface area (Å²) < 4.78 is 0. The molecule has 0 aliphatic heterocycles. The first-order valence-electron chi connectivity index (χ1n) is 10.4. The number of carbonyl (C=O) groups is 3. The number of allylic oxidation sites excluding steroid dienone is 2. The predicted octanol–water partition coefficient (Wildman–Crippen LogP) is 4.76. The molecular formula is C23H24Cl2N4O4S. The highest BCUT2D eigenvalue weighted by Crippen LogP contribution is 2.45. The van der Waals surface area contributed by atoms with Crippen LogP contribution in [0.25, 0.3) is 0 Å². The van der Waals surface area contributed by atoms with Crippen molar-refractivity contribution in [2.24, 2.45) is 5.41 Å². The number of pyridine rings is 2. The Morgan fingerprint density at radius 2 is 1.82 bits per heavy atom. The number of carboxylic acid groups (broad SMARTS) is 1. The molecule has 2 heterocycles. The van der Waals surface area contributed by atoms with E-state index in [9.17, 15) is 19.5 Å². The molecule has 0 aromatic carbocycles. The molecule has 0 bridgehead atoms. The molecule has 11 heteroatoms. The first kappa shape index (κ1) is 26.0. The molecule has 0 fully saturated rings. The standard InChI is InChI=1S/C23H24Cl2N4O4S/c1-5-12(17(22(32)33)29-19-18(34-4)20(30)23(19,2)3)15-7-6-11(8-27-15)28-21(31)16-13(24)9-26-10-14(16)25/h6-10,12,17,29H,5H2,1-4H3,(H,28,31)(H,32,33)/t12?,17-/m0/s1. The van der Waals surface area contributed by atoms with Crippen LogP contribution in [0.1, 0.15) is 49.2 Å². The van der Waals surface area contributed by atoms with Gasteiger partial charge in [-0.2, -0.15) is 0 Å². The third-order valence-corrected chi connectivity index (χ3v) is 7.11. The number of carboxylic acids is 1. The van der Waals surface area contributed by atoms with E-state index in [0.717, 1.165) is 0 Å². The van der Waals surface area contributed by atoms with Crippen molar-refractivity contribution < 1.29 is 19.5 Å². The SMILES string of the molecule is CCC(c1ccc(NC(=O)c2c(Cl)cncc2Cl)cn1)[C@H](NC1=C(SC)C(=O)C1(C)C)C(=O)O. The van der Waals surface area contributed by atoms with Crippen molar-refractivity contribution in [2.75, 3.05) is 11.6 Å². The van der Waals surface area contributed by atoms with Gasteiger partial charge < -0.3 is 15.7 Å². The van der Waals surface area contributed by atoms with Crippen molar-refractivity contribution in [2.45, 2.75) is 39.2 Å². The summed E-state index contributed by atoms with van der Waals surface area (Å²) in [4.78, 5) is 45.9. The second-order valence-corrected chi connectivity index (χ2v) is 9.87. The number of rotatable bonds is 9. The highest BCUT2D eigenvalue weighted by Gasteiger charge is 2.48. The third-order valence-electron chi connectivity index (χ3n) is 5.74. The molecule has 0 saturated carbocycles. The number of anilines is 1. The number of aromatic nitrogens is 2. The van der Waals surface area contributed by atoms with E-state index in [1.54, 1.807) is 32.2 Å². The van der Waals surface area contributed by atoms with E-state index in [0.29, 0.717) is 28.4 Å². The van der Waals surface area contributed by atoms with Gasteiger partial charge >= 0.3 is 5.97 Å². The molecule has 180 valence electrons. The number of aliphatic carboxylic acids is 1. The van der Waals surface area contributed by atoms with Gasteiger partial charge in [-0.1, -0.05) is 30.1 Å². The Labute approximate surface area is 211 Å². The minimum absolute atomic E-state index is 0.00712. The minimum atomic E-state index is -1.05. The zero-order chi connectivity index (χ0) is 25.2. The Bertz CT molecular complexity index is 1150. The normalized spacial score (nSPS) is 16.5. The van der Waals surface area contributed by atoms with Crippen molar-refractivity contribution in [1.29, 1.82) is 0 Å². The van der Waals surface area contributed by atoms with Crippen molar-refractivity contribution in [1.82, 2.24) is 15.3 Å². The first-order valence-corrected chi connectivity index (χ1v) is 12.4. The number of hydrogen-bond acceptors (Lipinski definition) is 7. The number of Topliss-reactive ketones (excluding diaryl/α,β-unsaturated/α-hetero) is 1. The minimum Gasteiger partial charge on any atom is -0.480 e. The quantitative estimate of drug-likeness (QED) is 0.431. The van der Waals surface area contributed by atoms with Gasteiger partial charge in [-0.15, -0.1) is 11.8 Å². The molecule has 2 aromatic heterocycles. The molecule has 1 amide bonds. The molecule has 34 heavy (non-hydrogen) atoms. The van der Waals surface area contributed by atoms with E-state index in [1.165, 1.54) is 30.4 Å². The summed E-state index contributed by atoms with van der Waals surface area (Å²) in [7, 11) is 0. The Balaban J connectivity index is 1.82. The largest absolute Gasteiger partial charge is 0.480 e. The van der Waals surface area contributed by atoms with Crippen LogP contribution in [0.5, 0.6) is 0 Å². The van der Waals surface area contributed by atoms with Crippen LogP contribution in [0.15, 0.2) is 41.3 Å². The van der Waals surface area contributed by atoms with E-state index < -0.39 is 29.3 Å². The van der Waals surface area contributed by atoms with Crippen molar-refractivity contribution in [3.05, 3.63) is 62.6 Å². The van der Waals surface area contributed by atoms with Gasteiger partial charge in [0.15, 0.2) is 5.78 Å². The first-order chi connectivity index (χ1) is 16.0. The molecule has 0 radical (unpaired) electrons. The molecule has 1 aliphatic carbocycles. The Morgan fingerprint density at radius 3 is 2.32 bits per heavy atom. The highest BCUT2D eigenvalue weighted by molar-refractivity contribution is 8.03. The van der Waals surface area contributed by atoms with E-state index in [2.05, 4.69) is 20.6 Å². The maximum Gasteiger partial charge on any atom is 0.326 e. The van der Waals surface area contributed by atoms with Crippen molar-refractivity contribution >= 4 is 58.3 Å². The number of amides is 1. The summed E-state index contributed by atoms with van der Waals surface area (Å²) in [5.74, 6) is -2.05. The number of nitrogens with zero attached hydrogens (tertiary/aromatic N) is 2. The van der Waals surface area contributed by atoms with Crippen LogP contribution < -0.4 is 10.6 Å². The lowest BCUT2D eigenvalue weighted by Gasteiger charge is -2.40. The molecule has 1 unspecified atom stereocenters. The van der Waals surface area contributed by atoms with Crippen LogP contribution in [0.2, 0.25) is 10.0 Å². The number of carbonyl (C=O) groups excluding carboxylic acids is 2. The van der Waals surface area contributed by atoms with Crippen molar-refractivity contribution in [3.63, 3.8) is 0 Å². The summed E-state index contributed by atoms with van der Waals surface area (Å²) in [6.07, 6.45) is 6.37. The lowest BCUT2D eigenvalue weighted by atomic mass is 9.73. The number of thioether (sulfide) groups is 1. The number of halogens is 2. The fourth-order valence-electron chi connectivity index (χ4n) is 3.80. The lowest BCUT2D eigenvalue weighted by molar-refractivity contribution is -0.140. The van der Waals surface area contributed by atoms with Crippen LogP contribution in [0.3, 0.4) is 0 Å². The topological polar surface area (TPSA) is 121 Å². The predicted molar refractivity (Wildman–Crippen MR) is 133 cm³/mol. The Morgan fingerprint density at radius 1 is 1.18 bits per heavy atom. The Hall–Kier alpha value is -2.62. The molecular weight excluding hydrogens is 499 g/mol. The number of hydrogen-bond donors (Lipinski definition) is 3. The molecule has 2 atom stereocenters. The molecule has 0 saturated heterocycles. The maximum atomic E-state index is 12.6. The van der Waals surface area contributed by atoms with E-state index in [4.69, 9.17) is 23.2 Å². The molecule has 3 N–H and O–H groups in total. The van der Waals surface area contributed by atoms with Crippen LogP contribution in [0, 0.1) is 5.41 Å². The summed E-state index contributed by atoms with van der Waals surface area (Å²) in [5, 5.41) is 16.0. The van der Waals surface area contributed by atoms with Gasteiger partial charge in [-0.05, 0) is 38.7 Å². The number of nitrogens with one attached hydrogen (secondary N) is 2. The van der Waals surface area contributed by atoms with E-state index >= 15 is 0 Å². The van der Waals surface area contributed by atoms with Gasteiger partial charge in [0.05, 0.1) is 37.8 Å². The fraction of sp³-hybridized carbons (Fsp3) is 0.348.